The minimum absolute atomic E-state index is 0.334. The third-order valence-electron chi connectivity index (χ3n) is 3.19. The average Bonchev–Trinajstić information content (AvgIpc) is 2.89. The van der Waals surface area contributed by atoms with E-state index in [-0.39, 0.29) is 6.03 Å². The number of urea groups is 1. The Hall–Kier alpha value is -2.11. The Bertz CT molecular complexity index is 831. The molecule has 0 aliphatic carbocycles. The quantitative estimate of drug-likeness (QED) is 0.696. The number of amides is 2. The smallest absolute Gasteiger partial charge is 0.308 e. The Kier molecular flexibility index (Phi) is 4.27. The van der Waals surface area contributed by atoms with Crippen molar-refractivity contribution in [2.75, 3.05) is 10.6 Å². The van der Waals surface area contributed by atoms with Crippen molar-refractivity contribution in [1.82, 2.24) is 4.98 Å². The van der Waals surface area contributed by atoms with E-state index in [0.717, 1.165) is 16.6 Å². The van der Waals surface area contributed by atoms with E-state index in [1.807, 2.05) is 12.1 Å². The number of nitrogens with one attached hydrogen (secondary N) is 2. The van der Waals surface area contributed by atoms with Crippen molar-refractivity contribution in [3.05, 3.63) is 53.1 Å². The van der Waals surface area contributed by atoms with Gasteiger partial charge in [-0.1, -0.05) is 48.1 Å². The second-order valence-electron chi connectivity index (χ2n) is 4.73. The standard InChI is InChI=1S/C16H14ClN3OS/c1-2-10-5-3-8-13-14(10)19-16(22-13)20-15(21)18-12-7-4-6-11(17)9-12/h3-9H,2H2,1H3,(H2,18,19,20,21). The summed E-state index contributed by atoms with van der Waals surface area (Å²) in [6.45, 7) is 2.09. The topological polar surface area (TPSA) is 54.0 Å². The first-order valence-corrected chi connectivity index (χ1v) is 8.07. The van der Waals surface area contributed by atoms with Gasteiger partial charge >= 0.3 is 6.03 Å². The molecule has 0 fully saturated rings. The van der Waals surface area contributed by atoms with Crippen LogP contribution in [0.15, 0.2) is 42.5 Å². The fraction of sp³-hybridized carbons (Fsp3) is 0.125. The Labute approximate surface area is 137 Å². The molecule has 112 valence electrons. The zero-order valence-electron chi connectivity index (χ0n) is 11.9. The van der Waals surface area contributed by atoms with E-state index in [4.69, 9.17) is 11.6 Å². The lowest BCUT2D eigenvalue weighted by atomic mass is 10.1. The van der Waals surface area contributed by atoms with Crippen LogP contribution >= 0.6 is 22.9 Å². The summed E-state index contributed by atoms with van der Waals surface area (Å²) in [7, 11) is 0. The number of nitrogens with zero attached hydrogens (tertiary/aromatic N) is 1. The minimum atomic E-state index is -0.334. The highest BCUT2D eigenvalue weighted by atomic mass is 35.5. The molecule has 0 aliphatic rings. The van der Waals surface area contributed by atoms with Gasteiger partial charge in [-0.3, -0.25) is 5.32 Å². The maximum Gasteiger partial charge on any atom is 0.325 e. The number of rotatable bonds is 3. The van der Waals surface area contributed by atoms with Crippen molar-refractivity contribution in [2.24, 2.45) is 0 Å². The maximum atomic E-state index is 12.0. The summed E-state index contributed by atoms with van der Waals surface area (Å²) >= 11 is 7.35. The number of anilines is 2. The van der Waals surface area contributed by atoms with Crippen molar-refractivity contribution < 1.29 is 4.79 Å². The normalized spacial score (nSPS) is 10.6. The Morgan fingerprint density at radius 3 is 2.82 bits per heavy atom. The van der Waals surface area contributed by atoms with Crippen LogP contribution in [-0.4, -0.2) is 11.0 Å². The summed E-state index contributed by atoms with van der Waals surface area (Å²) in [6, 6.07) is 12.7. The molecule has 6 heteroatoms. The van der Waals surface area contributed by atoms with Gasteiger partial charge in [0.2, 0.25) is 0 Å². The number of thiazole rings is 1. The molecule has 3 aromatic rings. The first-order chi connectivity index (χ1) is 10.7. The minimum Gasteiger partial charge on any atom is -0.308 e. The number of hydrogen-bond donors (Lipinski definition) is 2. The Balaban J connectivity index is 1.76. The molecule has 1 aromatic heterocycles. The van der Waals surface area contributed by atoms with E-state index in [9.17, 15) is 4.79 Å². The van der Waals surface area contributed by atoms with Crippen molar-refractivity contribution in [3.8, 4) is 0 Å². The van der Waals surface area contributed by atoms with E-state index in [0.29, 0.717) is 15.8 Å². The van der Waals surface area contributed by atoms with Crippen LogP contribution in [0.4, 0.5) is 15.6 Å². The fourth-order valence-corrected chi connectivity index (χ4v) is 3.27. The molecule has 0 saturated heterocycles. The van der Waals surface area contributed by atoms with Gasteiger partial charge in [-0.2, -0.15) is 0 Å². The highest BCUT2D eigenvalue weighted by Gasteiger charge is 2.10. The zero-order chi connectivity index (χ0) is 15.5. The largest absolute Gasteiger partial charge is 0.325 e. The third-order valence-corrected chi connectivity index (χ3v) is 4.36. The predicted octanol–water partition coefficient (Wildman–Crippen LogP) is 5.16. The second-order valence-corrected chi connectivity index (χ2v) is 6.19. The first-order valence-electron chi connectivity index (χ1n) is 6.87. The predicted molar refractivity (Wildman–Crippen MR) is 93.1 cm³/mol. The molecule has 0 spiro atoms. The van der Waals surface area contributed by atoms with Gasteiger partial charge in [-0.15, -0.1) is 0 Å². The summed E-state index contributed by atoms with van der Waals surface area (Å²) in [5.41, 5.74) is 2.77. The lowest BCUT2D eigenvalue weighted by molar-refractivity contribution is 0.262. The van der Waals surface area contributed by atoms with Crippen LogP contribution < -0.4 is 10.6 Å². The van der Waals surface area contributed by atoms with E-state index in [1.54, 1.807) is 24.3 Å². The molecule has 4 nitrogen and oxygen atoms in total. The molecule has 0 atom stereocenters. The molecule has 1 heterocycles. The van der Waals surface area contributed by atoms with Gasteiger partial charge in [0.25, 0.3) is 0 Å². The van der Waals surface area contributed by atoms with Crippen LogP contribution in [-0.2, 0) is 6.42 Å². The zero-order valence-corrected chi connectivity index (χ0v) is 13.5. The highest BCUT2D eigenvalue weighted by Crippen LogP contribution is 2.28. The second kappa shape index (κ2) is 6.34. The van der Waals surface area contributed by atoms with E-state index in [1.165, 1.54) is 16.9 Å². The summed E-state index contributed by atoms with van der Waals surface area (Å²) < 4.78 is 1.07. The van der Waals surface area contributed by atoms with Crippen LogP contribution in [0.3, 0.4) is 0 Å². The van der Waals surface area contributed by atoms with Gasteiger partial charge < -0.3 is 5.32 Å². The number of aryl methyl sites for hydroxylation is 1. The summed E-state index contributed by atoms with van der Waals surface area (Å²) in [5.74, 6) is 0. The number of halogens is 1. The molecule has 2 aromatic carbocycles. The number of aromatic nitrogens is 1. The van der Waals surface area contributed by atoms with E-state index >= 15 is 0 Å². The number of benzene rings is 2. The van der Waals surface area contributed by atoms with Gasteiger partial charge in [-0.05, 0) is 36.2 Å². The first kappa shape index (κ1) is 14.8. The van der Waals surface area contributed by atoms with E-state index < -0.39 is 0 Å². The number of carbonyl (C=O) groups excluding carboxylic acids is 1. The molecule has 2 amide bonds. The van der Waals surface area contributed by atoms with Crippen molar-refractivity contribution in [2.45, 2.75) is 13.3 Å². The third kappa shape index (κ3) is 3.21. The number of carbonyl (C=O) groups is 1. The molecule has 22 heavy (non-hydrogen) atoms. The molecule has 2 N–H and O–H groups in total. The molecular weight excluding hydrogens is 318 g/mol. The summed E-state index contributed by atoms with van der Waals surface area (Å²) in [6.07, 6.45) is 0.912. The maximum absolute atomic E-state index is 12.0. The number of hydrogen-bond acceptors (Lipinski definition) is 3. The molecule has 0 unspecified atom stereocenters. The van der Waals surface area contributed by atoms with Crippen molar-refractivity contribution in [3.63, 3.8) is 0 Å². The van der Waals surface area contributed by atoms with Crippen LogP contribution in [0.2, 0.25) is 5.02 Å². The summed E-state index contributed by atoms with van der Waals surface area (Å²) in [4.78, 5) is 16.5. The van der Waals surface area contributed by atoms with Gasteiger partial charge in [0.1, 0.15) is 0 Å². The van der Waals surface area contributed by atoms with Crippen LogP contribution in [0.25, 0.3) is 10.2 Å². The van der Waals surface area contributed by atoms with Crippen LogP contribution in [0.1, 0.15) is 12.5 Å². The number of fused-ring (bicyclic) bond motifs is 1. The molecule has 0 aliphatic heterocycles. The molecule has 0 radical (unpaired) electrons. The SMILES string of the molecule is CCc1cccc2sc(NC(=O)Nc3cccc(Cl)c3)nc12. The molecule has 0 saturated carbocycles. The lowest BCUT2D eigenvalue weighted by Gasteiger charge is -2.05. The van der Waals surface area contributed by atoms with Gasteiger partial charge in [-0.25, -0.2) is 9.78 Å². The Morgan fingerprint density at radius 1 is 1.23 bits per heavy atom. The lowest BCUT2D eigenvalue weighted by Crippen LogP contribution is -2.19. The van der Waals surface area contributed by atoms with Crippen molar-refractivity contribution >= 4 is 50.0 Å². The van der Waals surface area contributed by atoms with Crippen LogP contribution in [0.5, 0.6) is 0 Å². The van der Waals surface area contributed by atoms with Gasteiger partial charge in [0.05, 0.1) is 10.2 Å². The van der Waals surface area contributed by atoms with Crippen molar-refractivity contribution in [1.29, 1.82) is 0 Å². The van der Waals surface area contributed by atoms with Gasteiger partial charge in [0.15, 0.2) is 5.13 Å². The van der Waals surface area contributed by atoms with Gasteiger partial charge in [0, 0.05) is 10.7 Å². The monoisotopic (exact) mass is 331 g/mol. The average molecular weight is 332 g/mol. The highest BCUT2D eigenvalue weighted by molar-refractivity contribution is 7.22. The number of para-hydroxylation sites is 1. The Morgan fingerprint density at radius 2 is 2.05 bits per heavy atom. The fourth-order valence-electron chi connectivity index (χ4n) is 2.17. The van der Waals surface area contributed by atoms with E-state index in [2.05, 4.69) is 28.6 Å². The molecule has 3 rings (SSSR count). The van der Waals surface area contributed by atoms with Crippen LogP contribution in [0, 0.1) is 0 Å². The molecule has 0 bridgehead atoms. The summed E-state index contributed by atoms with van der Waals surface area (Å²) in [5, 5.41) is 6.65. The molecular formula is C16H14ClN3OS.